The van der Waals surface area contributed by atoms with Crippen LogP contribution in [-0.2, 0) is 23.9 Å². The van der Waals surface area contributed by atoms with Crippen LogP contribution in [0.15, 0.2) is 30.3 Å². The van der Waals surface area contributed by atoms with Gasteiger partial charge in [0.15, 0.2) is 11.5 Å². The third kappa shape index (κ3) is 5.05. The lowest BCUT2D eigenvalue weighted by Gasteiger charge is -2.35. The van der Waals surface area contributed by atoms with Gasteiger partial charge in [0.05, 0.1) is 0 Å². The van der Waals surface area contributed by atoms with Crippen LogP contribution in [0.1, 0.15) is 63.8 Å². The third-order valence-electron chi connectivity index (χ3n) is 6.50. The third-order valence-corrected chi connectivity index (χ3v) is 6.50. The van der Waals surface area contributed by atoms with Gasteiger partial charge in [0.2, 0.25) is 6.79 Å². The Hall–Kier alpha value is -2.24. The number of nitrogens with zero attached hydrogens (tertiary/aromatic N) is 2. The summed E-state index contributed by atoms with van der Waals surface area (Å²) in [5, 5.41) is 11.0. The highest BCUT2D eigenvalue weighted by Gasteiger charge is 2.27. The molecule has 32 heavy (non-hydrogen) atoms. The number of hydrogen-bond donors (Lipinski definition) is 1. The molecule has 2 heterocycles. The first kappa shape index (κ1) is 22.9. The fraction of sp³-hybridized carbons (Fsp3) is 0.556. The van der Waals surface area contributed by atoms with E-state index in [4.69, 9.17) is 9.47 Å². The summed E-state index contributed by atoms with van der Waals surface area (Å²) in [6.07, 6.45) is 0. The molecule has 5 heteroatoms. The monoisotopic (exact) mass is 438 g/mol. The maximum Gasteiger partial charge on any atom is 0.231 e. The van der Waals surface area contributed by atoms with Gasteiger partial charge < -0.3 is 14.6 Å². The van der Waals surface area contributed by atoms with Gasteiger partial charge in [-0.3, -0.25) is 9.80 Å². The lowest BCUT2D eigenvalue weighted by Crippen LogP contribution is -2.45. The summed E-state index contributed by atoms with van der Waals surface area (Å²) in [5.74, 6) is 2.16. The van der Waals surface area contributed by atoms with E-state index in [9.17, 15) is 5.11 Å². The van der Waals surface area contributed by atoms with Gasteiger partial charge in [0.1, 0.15) is 5.75 Å². The van der Waals surface area contributed by atoms with Crippen molar-refractivity contribution in [2.75, 3.05) is 33.0 Å². The van der Waals surface area contributed by atoms with Gasteiger partial charge in [-0.05, 0) is 45.2 Å². The zero-order chi connectivity index (χ0) is 23.1. The van der Waals surface area contributed by atoms with Gasteiger partial charge in [-0.25, -0.2) is 0 Å². The van der Waals surface area contributed by atoms with Crippen LogP contribution >= 0.6 is 0 Å². The second-order valence-corrected chi connectivity index (χ2v) is 11.3. The molecule has 0 aliphatic carbocycles. The van der Waals surface area contributed by atoms with Crippen molar-refractivity contribution in [1.29, 1.82) is 0 Å². The molecule has 1 fully saturated rings. The van der Waals surface area contributed by atoms with Crippen molar-refractivity contribution in [1.82, 2.24) is 9.80 Å². The highest BCUT2D eigenvalue weighted by atomic mass is 16.7. The molecule has 2 aromatic carbocycles. The number of hydrogen-bond acceptors (Lipinski definition) is 5. The Labute approximate surface area is 192 Å². The summed E-state index contributed by atoms with van der Waals surface area (Å²) in [5.41, 5.74) is 4.46. The maximum absolute atomic E-state index is 11.0. The Kier molecular flexibility index (Phi) is 6.17. The van der Waals surface area contributed by atoms with Crippen molar-refractivity contribution in [2.45, 2.75) is 65.5 Å². The van der Waals surface area contributed by atoms with Gasteiger partial charge in [-0.15, -0.1) is 0 Å². The van der Waals surface area contributed by atoms with Crippen LogP contribution in [0.25, 0.3) is 0 Å². The van der Waals surface area contributed by atoms with Crippen LogP contribution in [0.4, 0.5) is 0 Å². The molecular weight excluding hydrogens is 400 g/mol. The van der Waals surface area contributed by atoms with E-state index in [1.54, 1.807) is 0 Å². The Morgan fingerprint density at radius 1 is 0.719 bits per heavy atom. The molecule has 2 aliphatic rings. The summed E-state index contributed by atoms with van der Waals surface area (Å²) >= 11 is 0. The Bertz CT molecular complexity index is 929. The number of ether oxygens (including phenoxy) is 2. The van der Waals surface area contributed by atoms with E-state index in [1.807, 2.05) is 6.07 Å². The van der Waals surface area contributed by atoms with E-state index in [1.165, 1.54) is 11.1 Å². The average molecular weight is 439 g/mol. The number of phenolic OH excluding ortho intramolecular Hbond substituents is 1. The summed E-state index contributed by atoms with van der Waals surface area (Å²) in [7, 11) is 0. The fourth-order valence-corrected chi connectivity index (χ4v) is 4.59. The molecule has 0 atom stereocenters. The Balaban J connectivity index is 1.41. The van der Waals surface area contributed by atoms with E-state index < -0.39 is 0 Å². The second kappa shape index (κ2) is 8.60. The van der Waals surface area contributed by atoms with E-state index in [-0.39, 0.29) is 10.8 Å². The Morgan fingerprint density at radius 3 is 1.75 bits per heavy atom. The number of benzene rings is 2. The van der Waals surface area contributed by atoms with Crippen LogP contribution in [0, 0.1) is 0 Å². The molecular formula is C27H38N2O3. The molecule has 2 aromatic rings. The highest BCUT2D eigenvalue weighted by molar-refractivity contribution is 5.50. The van der Waals surface area contributed by atoms with Crippen molar-refractivity contribution in [2.24, 2.45) is 0 Å². The molecule has 0 spiro atoms. The zero-order valence-corrected chi connectivity index (χ0v) is 20.5. The normalized spacial score (nSPS) is 17.7. The van der Waals surface area contributed by atoms with E-state index >= 15 is 0 Å². The van der Waals surface area contributed by atoms with Crippen molar-refractivity contribution in [3.05, 3.63) is 52.6 Å². The topological polar surface area (TPSA) is 45.2 Å². The summed E-state index contributed by atoms with van der Waals surface area (Å²) in [4.78, 5) is 5.04. The number of phenols is 1. The van der Waals surface area contributed by atoms with Gasteiger partial charge in [-0.2, -0.15) is 0 Å². The van der Waals surface area contributed by atoms with Gasteiger partial charge in [-0.1, -0.05) is 59.7 Å². The second-order valence-electron chi connectivity index (χ2n) is 11.3. The quantitative estimate of drug-likeness (QED) is 0.725. The lowest BCUT2D eigenvalue weighted by atomic mass is 9.78. The molecule has 0 radical (unpaired) electrons. The maximum atomic E-state index is 11.0. The molecule has 1 saturated heterocycles. The number of piperazine rings is 1. The smallest absolute Gasteiger partial charge is 0.231 e. The van der Waals surface area contributed by atoms with Gasteiger partial charge in [0, 0.05) is 39.3 Å². The molecule has 0 aromatic heterocycles. The fourth-order valence-electron chi connectivity index (χ4n) is 4.59. The van der Waals surface area contributed by atoms with Gasteiger partial charge in [0.25, 0.3) is 0 Å². The minimum absolute atomic E-state index is 0.0938. The number of fused-ring (bicyclic) bond motifs is 1. The minimum Gasteiger partial charge on any atom is -0.507 e. The molecule has 4 rings (SSSR count). The van der Waals surface area contributed by atoms with E-state index in [2.05, 4.69) is 75.6 Å². The molecule has 1 N–H and O–H groups in total. The molecule has 0 amide bonds. The molecule has 0 unspecified atom stereocenters. The first-order chi connectivity index (χ1) is 15.0. The summed E-state index contributed by atoms with van der Waals surface area (Å²) in [6.45, 7) is 19.4. The van der Waals surface area contributed by atoms with E-state index in [0.717, 1.165) is 61.9 Å². The lowest BCUT2D eigenvalue weighted by molar-refractivity contribution is 0.122. The van der Waals surface area contributed by atoms with Gasteiger partial charge >= 0.3 is 0 Å². The molecule has 0 saturated carbocycles. The SMILES string of the molecule is CC(C)(C)c1cc(CN2CCN(Cc3ccc4c(c3)OCO4)CC2)cc(C(C)(C)C)c1O. The zero-order valence-electron chi connectivity index (χ0n) is 20.5. The predicted molar refractivity (Wildman–Crippen MR) is 129 cm³/mol. The largest absolute Gasteiger partial charge is 0.507 e. The Morgan fingerprint density at radius 2 is 1.22 bits per heavy atom. The molecule has 0 bridgehead atoms. The van der Waals surface area contributed by atoms with Crippen LogP contribution in [-0.4, -0.2) is 47.9 Å². The van der Waals surface area contributed by atoms with Crippen LogP contribution in [0.5, 0.6) is 17.2 Å². The number of rotatable bonds is 4. The standard InChI is InChI=1S/C27H38N2O3/c1-26(2,3)21-13-20(14-22(25(21)30)27(4,5)6)17-29-11-9-28(10-12-29)16-19-7-8-23-24(15-19)32-18-31-23/h7-8,13-15,30H,9-12,16-18H2,1-6H3. The van der Waals surface area contributed by atoms with Crippen molar-refractivity contribution < 1.29 is 14.6 Å². The summed E-state index contributed by atoms with van der Waals surface area (Å²) < 4.78 is 10.9. The first-order valence-corrected chi connectivity index (χ1v) is 11.7. The molecule has 5 nitrogen and oxygen atoms in total. The van der Waals surface area contributed by atoms with Crippen LogP contribution in [0.2, 0.25) is 0 Å². The summed E-state index contributed by atoms with van der Waals surface area (Å²) in [6, 6.07) is 10.7. The van der Waals surface area contributed by atoms with Crippen molar-refractivity contribution in [3.8, 4) is 17.2 Å². The van der Waals surface area contributed by atoms with Crippen molar-refractivity contribution >= 4 is 0 Å². The number of aromatic hydroxyl groups is 1. The van der Waals surface area contributed by atoms with E-state index in [0.29, 0.717) is 12.5 Å². The van der Waals surface area contributed by atoms with Crippen molar-refractivity contribution in [3.63, 3.8) is 0 Å². The predicted octanol–water partition coefficient (Wildman–Crippen LogP) is 5.03. The minimum atomic E-state index is -0.0938. The highest BCUT2D eigenvalue weighted by Crippen LogP contribution is 2.40. The molecule has 174 valence electrons. The van der Waals surface area contributed by atoms with Crippen LogP contribution < -0.4 is 9.47 Å². The molecule has 2 aliphatic heterocycles. The van der Waals surface area contributed by atoms with Crippen LogP contribution in [0.3, 0.4) is 0 Å². The first-order valence-electron chi connectivity index (χ1n) is 11.7. The average Bonchev–Trinajstić information content (AvgIpc) is 3.17.